The fraction of sp³-hybridized carbons (Fsp3) is 0.333. The second kappa shape index (κ2) is 7.65. The van der Waals surface area contributed by atoms with Gasteiger partial charge in [0.2, 0.25) is 0 Å². The molecule has 0 radical (unpaired) electrons. The summed E-state index contributed by atoms with van der Waals surface area (Å²) < 4.78 is 14.2. The standard InChI is InChI=1S/C18H20FN3O2S/c1-13(23)14-4-5-17(16(19)11-14)21-6-8-22(9-7-21)18(24)20-12-15-3-2-10-25-15/h2-5,10-11H,6-9,12H2,1H3,(H,20,24). The fourth-order valence-corrected chi connectivity index (χ4v) is 3.47. The van der Waals surface area contributed by atoms with E-state index in [9.17, 15) is 14.0 Å². The highest BCUT2D eigenvalue weighted by Gasteiger charge is 2.23. The van der Waals surface area contributed by atoms with Gasteiger partial charge in [-0.15, -0.1) is 11.3 Å². The average molecular weight is 361 g/mol. The maximum absolute atomic E-state index is 14.2. The smallest absolute Gasteiger partial charge is 0.317 e. The zero-order chi connectivity index (χ0) is 17.8. The summed E-state index contributed by atoms with van der Waals surface area (Å²) in [4.78, 5) is 28.3. The van der Waals surface area contributed by atoms with Crippen LogP contribution in [0.15, 0.2) is 35.7 Å². The maximum Gasteiger partial charge on any atom is 0.317 e. The summed E-state index contributed by atoms with van der Waals surface area (Å²) in [6.45, 7) is 4.12. The molecular formula is C18H20FN3O2S. The van der Waals surface area contributed by atoms with E-state index in [1.807, 2.05) is 22.4 Å². The molecule has 0 aliphatic carbocycles. The predicted octanol–water partition coefficient (Wildman–Crippen LogP) is 3.12. The van der Waals surface area contributed by atoms with Crippen molar-refractivity contribution in [3.63, 3.8) is 0 Å². The molecule has 1 aromatic heterocycles. The first kappa shape index (κ1) is 17.4. The van der Waals surface area contributed by atoms with E-state index in [2.05, 4.69) is 5.32 Å². The molecule has 0 unspecified atom stereocenters. The number of carbonyl (C=O) groups excluding carboxylic acids is 2. The average Bonchev–Trinajstić information content (AvgIpc) is 3.13. The monoisotopic (exact) mass is 361 g/mol. The van der Waals surface area contributed by atoms with E-state index in [1.54, 1.807) is 28.4 Å². The number of nitrogens with zero attached hydrogens (tertiary/aromatic N) is 2. The van der Waals surface area contributed by atoms with Gasteiger partial charge < -0.3 is 15.1 Å². The molecule has 0 atom stereocenters. The van der Waals surface area contributed by atoms with E-state index in [-0.39, 0.29) is 11.8 Å². The van der Waals surface area contributed by atoms with Crippen LogP contribution in [0, 0.1) is 5.82 Å². The van der Waals surface area contributed by atoms with Crippen LogP contribution in [-0.4, -0.2) is 42.9 Å². The zero-order valence-corrected chi connectivity index (χ0v) is 14.8. The highest BCUT2D eigenvalue weighted by molar-refractivity contribution is 7.09. The Balaban J connectivity index is 1.54. The van der Waals surface area contributed by atoms with Crippen LogP contribution in [0.25, 0.3) is 0 Å². The molecule has 1 aromatic carbocycles. The van der Waals surface area contributed by atoms with Crippen LogP contribution in [0.1, 0.15) is 22.2 Å². The Kier molecular flexibility index (Phi) is 5.33. The van der Waals surface area contributed by atoms with Crippen LogP contribution in [0.2, 0.25) is 0 Å². The fourth-order valence-electron chi connectivity index (χ4n) is 2.82. The van der Waals surface area contributed by atoms with Gasteiger partial charge in [0, 0.05) is 36.6 Å². The molecule has 1 N–H and O–H groups in total. The molecule has 2 aromatic rings. The van der Waals surface area contributed by atoms with Crippen molar-refractivity contribution in [2.24, 2.45) is 0 Å². The van der Waals surface area contributed by atoms with Crippen molar-refractivity contribution in [3.05, 3.63) is 52.0 Å². The Morgan fingerprint density at radius 3 is 2.56 bits per heavy atom. The van der Waals surface area contributed by atoms with Gasteiger partial charge in [-0.1, -0.05) is 6.07 Å². The summed E-state index contributed by atoms with van der Waals surface area (Å²) in [6.07, 6.45) is 0. The van der Waals surface area contributed by atoms with Gasteiger partial charge >= 0.3 is 6.03 Å². The van der Waals surface area contributed by atoms with Crippen molar-refractivity contribution in [3.8, 4) is 0 Å². The highest BCUT2D eigenvalue weighted by Crippen LogP contribution is 2.22. The molecule has 25 heavy (non-hydrogen) atoms. The first-order chi connectivity index (χ1) is 12.0. The van der Waals surface area contributed by atoms with Crippen LogP contribution in [-0.2, 0) is 6.54 Å². The van der Waals surface area contributed by atoms with Crippen LogP contribution in [0.3, 0.4) is 0 Å². The number of Topliss-reactive ketones (excluding diaryl/α,β-unsaturated/α-hetero) is 1. The van der Waals surface area contributed by atoms with Gasteiger partial charge in [-0.05, 0) is 36.6 Å². The number of ketones is 1. The minimum Gasteiger partial charge on any atom is -0.366 e. The van der Waals surface area contributed by atoms with Crippen LogP contribution < -0.4 is 10.2 Å². The molecule has 1 fully saturated rings. The second-order valence-electron chi connectivity index (χ2n) is 5.93. The van der Waals surface area contributed by atoms with Gasteiger partial charge in [0.15, 0.2) is 5.78 Å². The summed E-state index contributed by atoms with van der Waals surface area (Å²) >= 11 is 1.61. The molecular weight excluding hydrogens is 341 g/mol. The Bertz CT molecular complexity index is 756. The lowest BCUT2D eigenvalue weighted by atomic mass is 10.1. The van der Waals surface area contributed by atoms with Crippen molar-refractivity contribution in [1.82, 2.24) is 10.2 Å². The third kappa shape index (κ3) is 4.17. The molecule has 1 aliphatic heterocycles. The van der Waals surface area contributed by atoms with Gasteiger partial charge in [-0.3, -0.25) is 4.79 Å². The van der Waals surface area contributed by atoms with Crippen LogP contribution >= 0.6 is 11.3 Å². The van der Waals surface area contributed by atoms with Crippen molar-refractivity contribution < 1.29 is 14.0 Å². The lowest BCUT2D eigenvalue weighted by Crippen LogP contribution is -2.51. The number of piperazine rings is 1. The normalized spacial score (nSPS) is 14.5. The van der Waals surface area contributed by atoms with Crippen LogP contribution in [0.5, 0.6) is 0 Å². The Labute approximate surface area is 150 Å². The second-order valence-corrected chi connectivity index (χ2v) is 6.97. The molecule has 5 nitrogen and oxygen atoms in total. The Morgan fingerprint density at radius 1 is 1.20 bits per heavy atom. The Morgan fingerprint density at radius 2 is 1.96 bits per heavy atom. The largest absolute Gasteiger partial charge is 0.366 e. The summed E-state index contributed by atoms with van der Waals surface area (Å²) in [6, 6.07) is 8.39. The van der Waals surface area contributed by atoms with Gasteiger partial charge in [0.25, 0.3) is 0 Å². The van der Waals surface area contributed by atoms with E-state index < -0.39 is 5.82 Å². The topological polar surface area (TPSA) is 52.7 Å². The molecule has 0 bridgehead atoms. The van der Waals surface area contributed by atoms with Gasteiger partial charge in [0.1, 0.15) is 5.82 Å². The van der Waals surface area contributed by atoms with Gasteiger partial charge in [-0.2, -0.15) is 0 Å². The molecule has 132 valence electrons. The van der Waals surface area contributed by atoms with Crippen molar-refractivity contribution in [2.75, 3.05) is 31.1 Å². The molecule has 3 rings (SSSR count). The van der Waals surface area contributed by atoms with Gasteiger partial charge in [-0.25, -0.2) is 9.18 Å². The number of hydrogen-bond acceptors (Lipinski definition) is 4. The number of rotatable bonds is 4. The number of anilines is 1. The molecule has 1 saturated heterocycles. The number of benzene rings is 1. The molecule has 0 saturated carbocycles. The summed E-state index contributed by atoms with van der Waals surface area (Å²) in [5, 5.41) is 4.89. The van der Waals surface area contributed by atoms with Crippen molar-refractivity contribution in [1.29, 1.82) is 0 Å². The third-order valence-electron chi connectivity index (χ3n) is 4.26. The third-order valence-corrected chi connectivity index (χ3v) is 5.13. The lowest BCUT2D eigenvalue weighted by molar-refractivity contribution is 0.101. The quantitative estimate of drug-likeness (QED) is 0.852. The number of nitrogens with one attached hydrogen (secondary N) is 1. The van der Waals surface area contributed by atoms with E-state index in [0.29, 0.717) is 44.0 Å². The van der Waals surface area contributed by atoms with Crippen molar-refractivity contribution >= 4 is 28.8 Å². The van der Waals surface area contributed by atoms with Crippen LogP contribution in [0.4, 0.5) is 14.9 Å². The minimum absolute atomic E-state index is 0.0968. The lowest BCUT2D eigenvalue weighted by Gasteiger charge is -2.36. The molecule has 7 heteroatoms. The maximum atomic E-state index is 14.2. The summed E-state index contributed by atoms with van der Waals surface area (Å²) in [5.41, 5.74) is 0.844. The SMILES string of the molecule is CC(=O)c1ccc(N2CCN(C(=O)NCc3cccs3)CC2)c(F)c1. The highest BCUT2D eigenvalue weighted by atomic mass is 32.1. The number of halogens is 1. The van der Waals surface area contributed by atoms with E-state index >= 15 is 0 Å². The van der Waals surface area contributed by atoms with Gasteiger partial charge in [0.05, 0.1) is 12.2 Å². The molecule has 0 spiro atoms. The zero-order valence-electron chi connectivity index (χ0n) is 14.0. The molecule has 2 heterocycles. The van der Waals surface area contributed by atoms with E-state index in [0.717, 1.165) is 4.88 Å². The Hall–Kier alpha value is -2.41. The number of urea groups is 1. The summed E-state index contributed by atoms with van der Waals surface area (Å²) in [7, 11) is 0. The number of amides is 2. The number of carbonyl (C=O) groups is 2. The number of thiophene rings is 1. The minimum atomic E-state index is -0.400. The summed E-state index contributed by atoms with van der Waals surface area (Å²) in [5.74, 6) is -0.555. The van der Waals surface area contributed by atoms with E-state index in [4.69, 9.17) is 0 Å². The van der Waals surface area contributed by atoms with E-state index in [1.165, 1.54) is 13.0 Å². The molecule has 2 amide bonds. The van der Waals surface area contributed by atoms with Crippen molar-refractivity contribution in [2.45, 2.75) is 13.5 Å². The predicted molar refractivity (Wildman–Crippen MR) is 96.7 cm³/mol. The number of hydrogen-bond donors (Lipinski definition) is 1. The first-order valence-corrected chi connectivity index (χ1v) is 9.03. The first-order valence-electron chi connectivity index (χ1n) is 8.15. The molecule has 1 aliphatic rings.